The molecule has 1 fully saturated rings. The van der Waals surface area contributed by atoms with E-state index < -0.39 is 0 Å². The molecule has 0 bridgehead atoms. The molecular formula is C15H20ClN3S. The number of rotatable bonds is 3. The van der Waals surface area contributed by atoms with Crippen molar-refractivity contribution in [1.82, 2.24) is 14.9 Å². The van der Waals surface area contributed by atoms with Gasteiger partial charge in [0.1, 0.15) is 15.8 Å². The Labute approximate surface area is 129 Å². The average molecular weight is 310 g/mol. The Kier molecular flexibility index (Phi) is 3.98. The summed E-state index contributed by atoms with van der Waals surface area (Å²) in [4.78, 5) is 14.0. The number of thiophene rings is 1. The number of hydrogen-bond acceptors (Lipinski definition) is 4. The first-order valence-electron chi connectivity index (χ1n) is 7.23. The van der Waals surface area contributed by atoms with E-state index in [-0.39, 0.29) is 0 Å². The van der Waals surface area contributed by atoms with Crippen LogP contribution in [0.15, 0.2) is 0 Å². The molecule has 1 unspecified atom stereocenters. The highest BCUT2D eigenvalue weighted by molar-refractivity contribution is 7.18. The van der Waals surface area contributed by atoms with Crippen molar-refractivity contribution >= 4 is 33.2 Å². The van der Waals surface area contributed by atoms with Crippen LogP contribution in [-0.2, 0) is 6.54 Å². The summed E-state index contributed by atoms with van der Waals surface area (Å²) in [6, 6.07) is 0. The van der Waals surface area contributed by atoms with Crippen LogP contribution in [0.25, 0.3) is 10.2 Å². The molecule has 0 aliphatic carbocycles. The van der Waals surface area contributed by atoms with Crippen LogP contribution < -0.4 is 0 Å². The number of fused-ring (bicyclic) bond motifs is 1. The molecule has 1 aliphatic rings. The Hall–Kier alpha value is -0.710. The van der Waals surface area contributed by atoms with Gasteiger partial charge in [-0.15, -0.1) is 11.3 Å². The number of halogens is 1. The van der Waals surface area contributed by atoms with Gasteiger partial charge in [-0.25, -0.2) is 9.97 Å². The van der Waals surface area contributed by atoms with E-state index in [9.17, 15) is 0 Å². The first-order chi connectivity index (χ1) is 9.58. The SMILES string of the molecule is CCC1CCN(Cc2nc(Cl)c3c(C)c(C)sc3n2)C1. The maximum absolute atomic E-state index is 6.36. The van der Waals surface area contributed by atoms with E-state index in [0.29, 0.717) is 5.15 Å². The second kappa shape index (κ2) is 5.58. The Morgan fingerprint density at radius 1 is 1.35 bits per heavy atom. The first-order valence-corrected chi connectivity index (χ1v) is 8.42. The third kappa shape index (κ3) is 2.57. The Bertz CT molecular complexity index is 638. The minimum absolute atomic E-state index is 0.609. The largest absolute Gasteiger partial charge is 0.296 e. The lowest BCUT2D eigenvalue weighted by Gasteiger charge is -2.14. The van der Waals surface area contributed by atoms with E-state index in [4.69, 9.17) is 16.6 Å². The van der Waals surface area contributed by atoms with Crippen LogP contribution >= 0.6 is 22.9 Å². The van der Waals surface area contributed by atoms with Gasteiger partial charge in [0.05, 0.1) is 11.9 Å². The maximum atomic E-state index is 6.36. The zero-order valence-electron chi connectivity index (χ0n) is 12.2. The molecule has 0 radical (unpaired) electrons. The molecule has 0 saturated carbocycles. The molecule has 0 amide bonds. The Morgan fingerprint density at radius 2 is 2.15 bits per heavy atom. The smallest absolute Gasteiger partial charge is 0.145 e. The van der Waals surface area contributed by atoms with Gasteiger partial charge in [0.15, 0.2) is 0 Å². The Balaban J connectivity index is 1.86. The predicted octanol–water partition coefficient (Wildman–Crippen LogP) is 4.19. The molecule has 3 nitrogen and oxygen atoms in total. The lowest BCUT2D eigenvalue weighted by molar-refractivity contribution is 0.307. The van der Waals surface area contributed by atoms with Crippen LogP contribution in [0.2, 0.25) is 5.15 Å². The third-order valence-electron chi connectivity index (χ3n) is 4.34. The lowest BCUT2D eigenvalue weighted by atomic mass is 10.1. The van der Waals surface area contributed by atoms with E-state index in [1.165, 1.54) is 23.3 Å². The van der Waals surface area contributed by atoms with Crippen molar-refractivity contribution in [3.05, 3.63) is 21.4 Å². The van der Waals surface area contributed by atoms with Gasteiger partial charge in [-0.3, -0.25) is 4.90 Å². The summed E-state index contributed by atoms with van der Waals surface area (Å²) in [6.45, 7) is 9.62. The molecule has 1 aliphatic heterocycles. The van der Waals surface area contributed by atoms with Crippen LogP contribution in [0.3, 0.4) is 0 Å². The fraction of sp³-hybridized carbons (Fsp3) is 0.600. The molecule has 5 heteroatoms. The van der Waals surface area contributed by atoms with Gasteiger partial charge in [-0.05, 0) is 38.3 Å². The molecule has 1 saturated heterocycles. The predicted molar refractivity (Wildman–Crippen MR) is 85.6 cm³/mol. The van der Waals surface area contributed by atoms with E-state index in [1.54, 1.807) is 11.3 Å². The summed E-state index contributed by atoms with van der Waals surface area (Å²) >= 11 is 8.08. The second-order valence-corrected chi connectivity index (χ2v) is 7.25. The van der Waals surface area contributed by atoms with Gasteiger partial charge < -0.3 is 0 Å². The molecule has 0 N–H and O–H groups in total. The van der Waals surface area contributed by atoms with Crippen molar-refractivity contribution in [2.45, 2.75) is 40.2 Å². The molecule has 3 heterocycles. The molecular weight excluding hydrogens is 290 g/mol. The number of likely N-dealkylation sites (tertiary alicyclic amines) is 1. The summed E-state index contributed by atoms with van der Waals surface area (Å²) in [5.41, 5.74) is 1.22. The molecule has 0 aromatic carbocycles. The highest BCUT2D eigenvalue weighted by Crippen LogP contribution is 2.33. The topological polar surface area (TPSA) is 29.0 Å². The van der Waals surface area contributed by atoms with Crippen LogP contribution in [0.4, 0.5) is 0 Å². The summed E-state index contributed by atoms with van der Waals surface area (Å²) in [6.07, 6.45) is 2.56. The van der Waals surface area contributed by atoms with Crippen molar-refractivity contribution < 1.29 is 0 Å². The zero-order valence-corrected chi connectivity index (χ0v) is 13.8. The highest BCUT2D eigenvalue weighted by atomic mass is 35.5. The van der Waals surface area contributed by atoms with E-state index in [2.05, 4.69) is 30.7 Å². The summed E-state index contributed by atoms with van der Waals surface area (Å²) in [7, 11) is 0. The number of nitrogens with zero attached hydrogens (tertiary/aromatic N) is 3. The minimum Gasteiger partial charge on any atom is -0.296 e. The molecule has 2 aromatic rings. The molecule has 3 rings (SSSR count). The molecule has 2 aromatic heterocycles. The lowest BCUT2D eigenvalue weighted by Crippen LogP contribution is -2.21. The number of aromatic nitrogens is 2. The van der Waals surface area contributed by atoms with Crippen LogP contribution in [0, 0.1) is 19.8 Å². The maximum Gasteiger partial charge on any atom is 0.145 e. The van der Waals surface area contributed by atoms with E-state index >= 15 is 0 Å². The van der Waals surface area contributed by atoms with Crippen molar-refractivity contribution in [2.75, 3.05) is 13.1 Å². The third-order valence-corrected chi connectivity index (χ3v) is 5.72. The van der Waals surface area contributed by atoms with E-state index in [1.807, 2.05) is 0 Å². The van der Waals surface area contributed by atoms with Crippen molar-refractivity contribution in [2.24, 2.45) is 5.92 Å². The summed E-state index contributed by atoms with van der Waals surface area (Å²) in [5, 5.41) is 1.64. The number of aryl methyl sites for hydroxylation is 2. The quantitative estimate of drug-likeness (QED) is 0.796. The fourth-order valence-corrected chi connectivity index (χ4v) is 4.34. The molecule has 1 atom stereocenters. The first kappa shape index (κ1) is 14.2. The van der Waals surface area contributed by atoms with Gasteiger partial charge in [0.25, 0.3) is 0 Å². The van der Waals surface area contributed by atoms with Crippen LogP contribution in [0.5, 0.6) is 0 Å². The monoisotopic (exact) mass is 309 g/mol. The van der Waals surface area contributed by atoms with Gasteiger partial charge in [0, 0.05) is 11.4 Å². The highest BCUT2D eigenvalue weighted by Gasteiger charge is 2.22. The van der Waals surface area contributed by atoms with E-state index in [0.717, 1.165) is 41.6 Å². The summed E-state index contributed by atoms with van der Waals surface area (Å²) < 4.78 is 0. The second-order valence-electron chi connectivity index (χ2n) is 5.69. The molecule has 20 heavy (non-hydrogen) atoms. The summed E-state index contributed by atoms with van der Waals surface area (Å²) in [5.74, 6) is 1.70. The van der Waals surface area contributed by atoms with Gasteiger partial charge >= 0.3 is 0 Å². The van der Waals surface area contributed by atoms with Gasteiger partial charge in [0.2, 0.25) is 0 Å². The molecule has 108 valence electrons. The number of hydrogen-bond donors (Lipinski definition) is 0. The zero-order chi connectivity index (χ0) is 14.3. The fourth-order valence-electron chi connectivity index (χ4n) is 2.90. The normalized spacial score (nSPS) is 20.1. The van der Waals surface area contributed by atoms with Crippen molar-refractivity contribution in [3.63, 3.8) is 0 Å². The standard InChI is InChI=1S/C15H20ClN3S/c1-4-11-5-6-19(7-11)8-12-17-14(16)13-9(2)10(3)20-15(13)18-12/h11H,4-8H2,1-3H3. The average Bonchev–Trinajstić information content (AvgIpc) is 2.95. The van der Waals surface area contributed by atoms with Crippen LogP contribution in [0.1, 0.15) is 36.0 Å². The van der Waals surface area contributed by atoms with Gasteiger partial charge in [-0.2, -0.15) is 0 Å². The van der Waals surface area contributed by atoms with Crippen molar-refractivity contribution in [1.29, 1.82) is 0 Å². The van der Waals surface area contributed by atoms with Crippen LogP contribution in [-0.4, -0.2) is 28.0 Å². The molecule has 0 spiro atoms. The van der Waals surface area contributed by atoms with Gasteiger partial charge in [-0.1, -0.05) is 24.9 Å². The minimum atomic E-state index is 0.609. The Morgan fingerprint density at radius 3 is 2.85 bits per heavy atom. The van der Waals surface area contributed by atoms with Crippen molar-refractivity contribution in [3.8, 4) is 0 Å².